The van der Waals surface area contributed by atoms with Crippen LogP contribution < -0.4 is 0 Å². The van der Waals surface area contributed by atoms with E-state index in [1.807, 2.05) is 37.5 Å². The Morgan fingerprint density at radius 1 is 1.42 bits per heavy atom. The van der Waals surface area contributed by atoms with Gasteiger partial charge in [0.1, 0.15) is 11.9 Å². The van der Waals surface area contributed by atoms with Gasteiger partial charge in [0, 0.05) is 18.8 Å². The first-order valence-corrected chi connectivity index (χ1v) is 5.82. The number of aryl methyl sites for hydroxylation is 1. The molecule has 0 atom stereocenters. The minimum Gasteiger partial charge on any atom is -0.337 e. The van der Waals surface area contributed by atoms with Crippen LogP contribution in [0.1, 0.15) is 11.4 Å². The molecule has 92 valence electrons. The number of allylic oxidation sites excluding steroid dienone is 1. The number of aromatic nitrogens is 4. The fourth-order valence-corrected chi connectivity index (χ4v) is 1.92. The second kappa shape index (κ2) is 4.42. The van der Waals surface area contributed by atoms with Gasteiger partial charge < -0.3 is 4.98 Å². The van der Waals surface area contributed by atoms with Crippen molar-refractivity contribution in [2.24, 2.45) is 7.05 Å². The van der Waals surface area contributed by atoms with Crippen LogP contribution >= 0.6 is 0 Å². The highest BCUT2D eigenvalue weighted by molar-refractivity contribution is 5.90. The molecule has 2 heterocycles. The first kappa shape index (κ1) is 11.2. The van der Waals surface area contributed by atoms with E-state index in [9.17, 15) is 5.26 Å². The Morgan fingerprint density at radius 2 is 2.26 bits per heavy atom. The van der Waals surface area contributed by atoms with Crippen molar-refractivity contribution < 1.29 is 0 Å². The van der Waals surface area contributed by atoms with Crippen LogP contribution in [0.5, 0.6) is 0 Å². The van der Waals surface area contributed by atoms with Crippen molar-refractivity contribution in [3.8, 4) is 6.07 Å². The van der Waals surface area contributed by atoms with Gasteiger partial charge in [0.15, 0.2) is 0 Å². The number of rotatable bonds is 2. The van der Waals surface area contributed by atoms with Gasteiger partial charge in [-0.05, 0) is 18.2 Å². The number of nitrogens with zero attached hydrogens (tertiary/aromatic N) is 4. The summed E-state index contributed by atoms with van der Waals surface area (Å²) < 4.78 is 1.69. The summed E-state index contributed by atoms with van der Waals surface area (Å²) in [7, 11) is 1.84. The maximum Gasteiger partial charge on any atom is 0.149 e. The molecular weight excluding hydrogens is 238 g/mol. The molecule has 3 rings (SSSR count). The lowest BCUT2D eigenvalue weighted by molar-refractivity contribution is 0.767. The zero-order valence-corrected chi connectivity index (χ0v) is 10.3. The molecule has 5 nitrogen and oxygen atoms in total. The van der Waals surface area contributed by atoms with E-state index in [0.717, 1.165) is 16.6 Å². The molecule has 0 fully saturated rings. The standard InChI is InChI=1S/C14H11N5/c1-19-9-10(8-16-19)6-11(7-15)14-17-12-4-2-3-5-13(12)18-14/h2-6,8-9H,1H3,(H,17,18). The maximum atomic E-state index is 9.27. The number of fused-ring (bicyclic) bond motifs is 1. The predicted molar refractivity (Wildman–Crippen MR) is 72.8 cm³/mol. The molecule has 3 aromatic rings. The van der Waals surface area contributed by atoms with Crippen LogP contribution in [-0.2, 0) is 7.05 Å². The van der Waals surface area contributed by atoms with Gasteiger partial charge in [0.05, 0.1) is 22.8 Å². The molecule has 0 radical (unpaired) electrons. The molecule has 2 aromatic heterocycles. The van der Waals surface area contributed by atoms with E-state index in [1.165, 1.54) is 0 Å². The van der Waals surface area contributed by atoms with E-state index in [2.05, 4.69) is 21.1 Å². The number of imidazole rings is 1. The highest BCUT2D eigenvalue weighted by Crippen LogP contribution is 2.18. The number of para-hydroxylation sites is 2. The number of hydrogen-bond acceptors (Lipinski definition) is 3. The average molecular weight is 249 g/mol. The predicted octanol–water partition coefficient (Wildman–Crippen LogP) is 2.36. The van der Waals surface area contributed by atoms with Crippen molar-refractivity contribution >= 4 is 22.7 Å². The molecule has 0 spiro atoms. The van der Waals surface area contributed by atoms with Gasteiger partial charge in [-0.1, -0.05) is 12.1 Å². The van der Waals surface area contributed by atoms with Crippen molar-refractivity contribution in [1.82, 2.24) is 19.7 Å². The zero-order chi connectivity index (χ0) is 13.2. The van der Waals surface area contributed by atoms with Crippen molar-refractivity contribution in [1.29, 1.82) is 5.26 Å². The number of aromatic amines is 1. The van der Waals surface area contributed by atoms with E-state index in [1.54, 1.807) is 17.0 Å². The summed E-state index contributed by atoms with van der Waals surface area (Å²) in [6, 6.07) is 9.87. The zero-order valence-electron chi connectivity index (χ0n) is 10.3. The second-order valence-electron chi connectivity index (χ2n) is 4.22. The van der Waals surface area contributed by atoms with Crippen LogP contribution in [0.15, 0.2) is 36.7 Å². The average Bonchev–Trinajstić information content (AvgIpc) is 3.01. The monoisotopic (exact) mass is 249 g/mol. The normalized spacial score (nSPS) is 11.7. The molecule has 1 N–H and O–H groups in total. The highest BCUT2D eigenvalue weighted by atomic mass is 15.2. The van der Waals surface area contributed by atoms with Gasteiger partial charge in [-0.2, -0.15) is 10.4 Å². The summed E-state index contributed by atoms with van der Waals surface area (Å²) >= 11 is 0. The Bertz CT molecular complexity index is 767. The van der Waals surface area contributed by atoms with Crippen LogP contribution in [0.3, 0.4) is 0 Å². The quantitative estimate of drug-likeness (QED) is 0.709. The molecule has 0 unspecified atom stereocenters. The van der Waals surface area contributed by atoms with Crippen molar-refractivity contribution in [3.05, 3.63) is 48.0 Å². The number of hydrogen-bond donors (Lipinski definition) is 1. The summed E-state index contributed by atoms with van der Waals surface area (Å²) in [5.74, 6) is 0.576. The van der Waals surface area contributed by atoms with Crippen LogP contribution in [-0.4, -0.2) is 19.7 Å². The minimum absolute atomic E-state index is 0.490. The van der Waals surface area contributed by atoms with Gasteiger partial charge >= 0.3 is 0 Å². The number of benzene rings is 1. The summed E-state index contributed by atoms with van der Waals surface area (Å²) in [6.07, 6.45) is 5.32. The topological polar surface area (TPSA) is 70.3 Å². The smallest absolute Gasteiger partial charge is 0.149 e. The Morgan fingerprint density at radius 3 is 2.95 bits per heavy atom. The first-order chi connectivity index (χ1) is 9.26. The van der Waals surface area contributed by atoms with Gasteiger partial charge in [0.2, 0.25) is 0 Å². The summed E-state index contributed by atoms with van der Waals surface area (Å²) in [6.45, 7) is 0. The minimum atomic E-state index is 0.490. The lowest BCUT2D eigenvalue weighted by Crippen LogP contribution is -1.85. The molecule has 0 saturated carbocycles. The fraction of sp³-hybridized carbons (Fsp3) is 0.0714. The molecular formula is C14H11N5. The molecule has 19 heavy (non-hydrogen) atoms. The molecule has 0 aliphatic rings. The Labute approximate surface area is 109 Å². The third-order valence-corrected chi connectivity index (χ3v) is 2.80. The number of nitriles is 1. The van der Waals surface area contributed by atoms with E-state index >= 15 is 0 Å². The Hall–Kier alpha value is -2.87. The largest absolute Gasteiger partial charge is 0.337 e. The highest BCUT2D eigenvalue weighted by Gasteiger charge is 2.07. The first-order valence-electron chi connectivity index (χ1n) is 5.82. The number of H-pyrrole nitrogens is 1. The van der Waals surface area contributed by atoms with Crippen LogP contribution in [0.25, 0.3) is 22.7 Å². The van der Waals surface area contributed by atoms with Crippen LogP contribution in [0.2, 0.25) is 0 Å². The maximum absolute atomic E-state index is 9.27. The van der Waals surface area contributed by atoms with Gasteiger partial charge in [-0.15, -0.1) is 0 Å². The van der Waals surface area contributed by atoms with Crippen LogP contribution in [0.4, 0.5) is 0 Å². The summed E-state index contributed by atoms with van der Waals surface area (Å²) in [5.41, 5.74) is 3.14. The third kappa shape index (κ3) is 2.11. The van der Waals surface area contributed by atoms with Crippen molar-refractivity contribution in [3.63, 3.8) is 0 Å². The SMILES string of the molecule is Cn1cc(C=C(C#N)c2nc3ccccc3[nH]2)cn1. The van der Waals surface area contributed by atoms with Crippen molar-refractivity contribution in [2.45, 2.75) is 0 Å². The third-order valence-electron chi connectivity index (χ3n) is 2.80. The molecule has 0 saturated heterocycles. The van der Waals surface area contributed by atoms with Gasteiger partial charge in [0.25, 0.3) is 0 Å². The Balaban J connectivity index is 2.07. The molecule has 5 heteroatoms. The van der Waals surface area contributed by atoms with E-state index in [0.29, 0.717) is 11.4 Å². The lowest BCUT2D eigenvalue weighted by atomic mass is 10.2. The van der Waals surface area contributed by atoms with Crippen molar-refractivity contribution in [2.75, 3.05) is 0 Å². The fourth-order valence-electron chi connectivity index (χ4n) is 1.92. The summed E-state index contributed by atoms with van der Waals surface area (Å²) in [5, 5.41) is 13.3. The van der Waals surface area contributed by atoms with E-state index in [-0.39, 0.29) is 0 Å². The second-order valence-corrected chi connectivity index (χ2v) is 4.22. The van der Waals surface area contributed by atoms with Crippen LogP contribution in [0, 0.1) is 11.3 Å². The molecule has 0 aliphatic heterocycles. The van der Waals surface area contributed by atoms with Gasteiger partial charge in [-0.25, -0.2) is 4.98 Å². The molecule has 1 aromatic carbocycles. The molecule has 0 bridgehead atoms. The lowest BCUT2D eigenvalue weighted by Gasteiger charge is -1.91. The molecule has 0 aliphatic carbocycles. The summed E-state index contributed by atoms with van der Waals surface area (Å²) in [4.78, 5) is 7.56. The van der Waals surface area contributed by atoms with E-state index in [4.69, 9.17) is 0 Å². The number of nitrogens with one attached hydrogen (secondary N) is 1. The molecule has 0 amide bonds. The van der Waals surface area contributed by atoms with Gasteiger partial charge in [-0.3, -0.25) is 4.68 Å². The van der Waals surface area contributed by atoms with E-state index < -0.39 is 0 Å². The Kier molecular flexibility index (Phi) is 2.62.